The number of nitrogens with zero attached hydrogens (tertiary/aromatic N) is 1. The Morgan fingerprint density at radius 1 is 0.842 bits per heavy atom. The first-order chi connectivity index (χ1) is 9.33. The average Bonchev–Trinajstić information content (AvgIpc) is 2.47. The van der Waals surface area contributed by atoms with Crippen LogP contribution in [0, 0.1) is 0 Å². The highest BCUT2D eigenvalue weighted by molar-refractivity contribution is 5.69. The van der Waals surface area contributed by atoms with Gasteiger partial charge in [0.15, 0.2) is 0 Å². The molecule has 0 bridgehead atoms. The van der Waals surface area contributed by atoms with E-state index < -0.39 is 0 Å². The minimum atomic E-state index is 0.900. The van der Waals surface area contributed by atoms with E-state index >= 15 is 0 Å². The molecule has 94 valence electrons. The fraction of sp³-hybridized carbons (Fsp3) is 0. The standard InChI is InChI=1S/C18H17N/c1-3-4-11-16(2)19(17-12-7-5-8-13-17)18-14-9-6-10-15-18/h3-15H,1-2H2/b11-4-. The molecule has 0 N–H and O–H groups in total. The number of hydrogen-bond donors (Lipinski definition) is 0. The Hall–Kier alpha value is -2.54. The fourth-order valence-electron chi connectivity index (χ4n) is 1.89. The maximum Gasteiger partial charge on any atom is 0.0461 e. The Bertz CT molecular complexity index is 528. The molecule has 0 spiro atoms. The molecule has 0 radical (unpaired) electrons. The smallest absolute Gasteiger partial charge is 0.0461 e. The molecule has 0 aromatic heterocycles. The average molecular weight is 247 g/mol. The van der Waals surface area contributed by atoms with E-state index in [1.54, 1.807) is 6.08 Å². The summed E-state index contributed by atoms with van der Waals surface area (Å²) in [6.45, 7) is 7.83. The number of allylic oxidation sites excluding steroid dienone is 3. The lowest BCUT2D eigenvalue weighted by atomic mass is 10.2. The number of rotatable bonds is 5. The minimum absolute atomic E-state index is 0.900. The maximum atomic E-state index is 4.14. The summed E-state index contributed by atoms with van der Waals surface area (Å²) >= 11 is 0. The van der Waals surface area contributed by atoms with Crippen LogP contribution in [0.2, 0.25) is 0 Å². The lowest BCUT2D eigenvalue weighted by Gasteiger charge is -2.25. The molecule has 0 aliphatic carbocycles. The van der Waals surface area contributed by atoms with Gasteiger partial charge in [-0.1, -0.05) is 61.7 Å². The van der Waals surface area contributed by atoms with Gasteiger partial charge in [0.25, 0.3) is 0 Å². The summed E-state index contributed by atoms with van der Waals surface area (Å²) < 4.78 is 0. The zero-order valence-electron chi connectivity index (χ0n) is 10.9. The van der Waals surface area contributed by atoms with Gasteiger partial charge in [-0.05, 0) is 30.3 Å². The molecule has 0 aliphatic rings. The van der Waals surface area contributed by atoms with E-state index in [9.17, 15) is 0 Å². The predicted octanol–water partition coefficient (Wildman–Crippen LogP) is 5.08. The number of benzene rings is 2. The first kappa shape index (κ1) is 12.9. The number of hydrogen-bond acceptors (Lipinski definition) is 1. The van der Waals surface area contributed by atoms with Crippen molar-refractivity contribution in [2.75, 3.05) is 4.90 Å². The van der Waals surface area contributed by atoms with Gasteiger partial charge in [-0.3, -0.25) is 0 Å². The summed E-state index contributed by atoms with van der Waals surface area (Å²) in [5.41, 5.74) is 3.08. The molecular formula is C18H17N. The van der Waals surface area contributed by atoms with Gasteiger partial charge < -0.3 is 4.90 Å². The summed E-state index contributed by atoms with van der Waals surface area (Å²) in [6.07, 6.45) is 5.59. The van der Waals surface area contributed by atoms with Crippen LogP contribution < -0.4 is 4.90 Å². The third-order valence-electron chi connectivity index (χ3n) is 2.74. The van der Waals surface area contributed by atoms with Crippen molar-refractivity contribution in [2.24, 2.45) is 0 Å². The van der Waals surface area contributed by atoms with E-state index in [1.165, 1.54) is 0 Å². The Morgan fingerprint density at radius 2 is 1.32 bits per heavy atom. The second-order valence-corrected chi connectivity index (χ2v) is 4.09. The molecule has 1 nitrogen and oxygen atoms in total. The zero-order valence-corrected chi connectivity index (χ0v) is 10.9. The molecule has 19 heavy (non-hydrogen) atoms. The molecule has 0 unspecified atom stereocenters. The van der Waals surface area contributed by atoms with Crippen LogP contribution in [0.25, 0.3) is 0 Å². The molecule has 2 aromatic carbocycles. The summed E-state index contributed by atoms with van der Waals surface area (Å²) in [5, 5.41) is 0. The summed E-state index contributed by atoms with van der Waals surface area (Å²) in [5.74, 6) is 0. The summed E-state index contributed by atoms with van der Waals surface area (Å²) in [6, 6.07) is 20.4. The second-order valence-electron chi connectivity index (χ2n) is 4.09. The quantitative estimate of drug-likeness (QED) is 0.666. The molecule has 2 rings (SSSR count). The largest absolute Gasteiger partial charge is 0.311 e. The van der Waals surface area contributed by atoms with Crippen LogP contribution >= 0.6 is 0 Å². The van der Waals surface area contributed by atoms with Crippen LogP contribution in [-0.2, 0) is 0 Å². The predicted molar refractivity (Wildman–Crippen MR) is 83.5 cm³/mol. The van der Waals surface area contributed by atoms with Gasteiger partial charge >= 0.3 is 0 Å². The van der Waals surface area contributed by atoms with E-state index in [2.05, 4.69) is 42.3 Å². The number of anilines is 2. The fourth-order valence-corrected chi connectivity index (χ4v) is 1.89. The topological polar surface area (TPSA) is 3.24 Å². The van der Waals surface area contributed by atoms with Crippen molar-refractivity contribution in [3.8, 4) is 0 Å². The monoisotopic (exact) mass is 247 g/mol. The van der Waals surface area contributed by atoms with Gasteiger partial charge in [0.05, 0.1) is 0 Å². The molecule has 2 aromatic rings. The van der Waals surface area contributed by atoms with Gasteiger partial charge in [-0.15, -0.1) is 0 Å². The molecule has 0 amide bonds. The molecule has 0 atom stereocenters. The second kappa shape index (κ2) is 6.41. The van der Waals surface area contributed by atoms with Crippen molar-refractivity contribution >= 4 is 11.4 Å². The van der Waals surface area contributed by atoms with Crippen LogP contribution in [-0.4, -0.2) is 0 Å². The van der Waals surface area contributed by atoms with Gasteiger partial charge in [-0.25, -0.2) is 0 Å². The third kappa shape index (κ3) is 3.23. The molecule has 0 heterocycles. The van der Waals surface area contributed by atoms with Crippen molar-refractivity contribution in [2.45, 2.75) is 0 Å². The van der Waals surface area contributed by atoms with E-state index in [1.807, 2.05) is 48.6 Å². The first-order valence-corrected chi connectivity index (χ1v) is 6.21. The van der Waals surface area contributed by atoms with Crippen LogP contribution in [0.1, 0.15) is 0 Å². The highest BCUT2D eigenvalue weighted by Crippen LogP contribution is 2.29. The Balaban J connectivity index is 2.42. The van der Waals surface area contributed by atoms with E-state index in [0.29, 0.717) is 0 Å². The lowest BCUT2D eigenvalue weighted by molar-refractivity contribution is 1.22. The van der Waals surface area contributed by atoms with E-state index in [-0.39, 0.29) is 0 Å². The minimum Gasteiger partial charge on any atom is -0.311 e. The molecule has 0 saturated heterocycles. The van der Waals surface area contributed by atoms with Crippen LogP contribution in [0.15, 0.2) is 97.7 Å². The normalized spacial score (nSPS) is 10.3. The molecular weight excluding hydrogens is 230 g/mol. The molecule has 0 saturated carbocycles. The van der Waals surface area contributed by atoms with Crippen LogP contribution in [0.4, 0.5) is 11.4 Å². The van der Waals surface area contributed by atoms with Gasteiger partial charge in [0, 0.05) is 17.1 Å². The van der Waals surface area contributed by atoms with Gasteiger partial charge in [0.1, 0.15) is 0 Å². The Morgan fingerprint density at radius 3 is 1.74 bits per heavy atom. The van der Waals surface area contributed by atoms with Crippen LogP contribution in [0.5, 0.6) is 0 Å². The zero-order chi connectivity index (χ0) is 13.5. The summed E-state index contributed by atoms with van der Waals surface area (Å²) in [4.78, 5) is 2.11. The Kier molecular flexibility index (Phi) is 4.35. The van der Waals surface area contributed by atoms with E-state index in [4.69, 9.17) is 0 Å². The maximum absolute atomic E-state index is 4.14. The third-order valence-corrected chi connectivity index (χ3v) is 2.74. The van der Waals surface area contributed by atoms with Crippen molar-refractivity contribution in [3.05, 3.63) is 97.7 Å². The molecule has 0 fully saturated rings. The highest BCUT2D eigenvalue weighted by Gasteiger charge is 2.09. The SMILES string of the molecule is C=C/C=C\C(=C)N(c1ccccc1)c1ccccc1. The van der Waals surface area contributed by atoms with Crippen molar-refractivity contribution < 1.29 is 0 Å². The first-order valence-electron chi connectivity index (χ1n) is 6.21. The van der Waals surface area contributed by atoms with Gasteiger partial charge in [0.2, 0.25) is 0 Å². The van der Waals surface area contributed by atoms with Crippen molar-refractivity contribution in [1.82, 2.24) is 0 Å². The number of para-hydroxylation sites is 2. The van der Waals surface area contributed by atoms with E-state index in [0.717, 1.165) is 17.1 Å². The van der Waals surface area contributed by atoms with Gasteiger partial charge in [-0.2, -0.15) is 0 Å². The highest BCUT2D eigenvalue weighted by atomic mass is 15.1. The molecule has 1 heteroatoms. The summed E-state index contributed by atoms with van der Waals surface area (Å²) in [7, 11) is 0. The van der Waals surface area contributed by atoms with Crippen molar-refractivity contribution in [1.29, 1.82) is 0 Å². The van der Waals surface area contributed by atoms with Crippen LogP contribution in [0.3, 0.4) is 0 Å². The Labute approximate surface area is 114 Å². The van der Waals surface area contributed by atoms with Crippen molar-refractivity contribution in [3.63, 3.8) is 0 Å². The lowest BCUT2D eigenvalue weighted by Crippen LogP contribution is -2.13. The molecule has 0 aliphatic heterocycles.